The minimum atomic E-state index is -0.957. The summed E-state index contributed by atoms with van der Waals surface area (Å²) in [4.78, 5) is 11.8. The second kappa shape index (κ2) is 7.24. The molecule has 1 amide bonds. The zero-order valence-electron chi connectivity index (χ0n) is 11.9. The average molecular weight is 323 g/mol. The first kappa shape index (κ1) is 16.3. The lowest BCUT2D eigenvalue weighted by molar-refractivity contribution is -0.122. The molecule has 1 unspecified atom stereocenters. The van der Waals surface area contributed by atoms with Gasteiger partial charge in [0.1, 0.15) is 5.82 Å². The molecule has 2 aromatic carbocycles. The van der Waals surface area contributed by atoms with Gasteiger partial charge in [0, 0.05) is 5.02 Å². The fraction of sp³-hybridized carbons (Fsp3) is 0.188. The Hall–Kier alpha value is -2.11. The number of hydrogen-bond acceptors (Lipinski definition) is 3. The van der Waals surface area contributed by atoms with Gasteiger partial charge in [0.05, 0.1) is 18.2 Å². The molecule has 0 saturated carbocycles. The van der Waals surface area contributed by atoms with E-state index in [4.69, 9.17) is 11.6 Å². The highest BCUT2D eigenvalue weighted by molar-refractivity contribution is 6.30. The Kier molecular flexibility index (Phi) is 5.35. The zero-order valence-corrected chi connectivity index (χ0v) is 12.7. The van der Waals surface area contributed by atoms with Gasteiger partial charge in [0.2, 0.25) is 5.91 Å². The average Bonchev–Trinajstić information content (AvgIpc) is 2.49. The Morgan fingerprint density at radius 3 is 2.64 bits per heavy atom. The van der Waals surface area contributed by atoms with Crippen LogP contribution in [0, 0.1) is 12.7 Å². The number of aryl methyl sites for hydroxylation is 1. The molecule has 0 fully saturated rings. The normalized spacial score (nSPS) is 11.8. The molecule has 0 aromatic heterocycles. The number of hydrazine groups is 1. The van der Waals surface area contributed by atoms with E-state index in [1.54, 1.807) is 36.4 Å². The Morgan fingerprint density at radius 1 is 1.27 bits per heavy atom. The second-order valence-corrected chi connectivity index (χ2v) is 5.36. The summed E-state index contributed by atoms with van der Waals surface area (Å²) in [5.74, 6) is -0.924. The van der Waals surface area contributed by atoms with Gasteiger partial charge in [-0.2, -0.15) is 0 Å². The van der Waals surface area contributed by atoms with Crippen LogP contribution in [0.1, 0.15) is 23.7 Å². The summed E-state index contributed by atoms with van der Waals surface area (Å²) in [7, 11) is 0. The summed E-state index contributed by atoms with van der Waals surface area (Å²) < 4.78 is 13.5. The van der Waals surface area contributed by atoms with E-state index in [-0.39, 0.29) is 12.1 Å². The Balaban J connectivity index is 1.90. The number of aliphatic hydroxyl groups is 1. The number of hydrogen-bond donors (Lipinski definition) is 3. The summed E-state index contributed by atoms with van der Waals surface area (Å²) in [6.07, 6.45) is -1.11. The molecule has 1 atom stereocenters. The molecule has 0 saturated heterocycles. The van der Waals surface area contributed by atoms with E-state index in [9.17, 15) is 14.3 Å². The molecule has 4 nitrogen and oxygen atoms in total. The summed E-state index contributed by atoms with van der Waals surface area (Å²) in [5, 5.41) is 10.5. The largest absolute Gasteiger partial charge is 0.388 e. The third-order valence-electron chi connectivity index (χ3n) is 3.09. The van der Waals surface area contributed by atoms with E-state index in [2.05, 4.69) is 10.9 Å². The number of nitrogens with one attached hydrogen (secondary N) is 2. The van der Waals surface area contributed by atoms with Crippen molar-refractivity contribution in [1.29, 1.82) is 0 Å². The number of amides is 1. The lowest BCUT2D eigenvalue weighted by atomic mass is 10.1. The van der Waals surface area contributed by atoms with E-state index in [0.29, 0.717) is 10.6 Å². The Bertz CT molecular complexity index is 662. The SMILES string of the molecule is Cc1ccc(F)c(NNC(=O)CC(O)c2ccc(Cl)cc2)c1. The zero-order chi connectivity index (χ0) is 16.1. The predicted octanol–water partition coefficient (Wildman–Crippen LogP) is 3.35. The van der Waals surface area contributed by atoms with Crippen LogP contribution in [0.3, 0.4) is 0 Å². The van der Waals surface area contributed by atoms with Crippen molar-refractivity contribution in [3.8, 4) is 0 Å². The highest BCUT2D eigenvalue weighted by atomic mass is 35.5. The minimum Gasteiger partial charge on any atom is -0.388 e. The van der Waals surface area contributed by atoms with Gasteiger partial charge in [-0.1, -0.05) is 29.8 Å². The van der Waals surface area contributed by atoms with Crippen molar-refractivity contribution in [1.82, 2.24) is 5.43 Å². The van der Waals surface area contributed by atoms with Crippen molar-refractivity contribution in [2.45, 2.75) is 19.4 Å². The lowest BCUT2D eigenvalue weighted by Crippen LogP contribution is -2.31. The number of halogens is 2. The first-order chi connectivity index (χ1) is 10.5. The monoisotopic (exact) mass is 322 g/mol. The van der Waals surface area contributed by atoms with Gasteiger partial charge < -0.3 is 5.11 Å². The van der Waals surface area contributed by atoms with Gasteiger partial charge in [0.25, 0.3) is 0 Å². The van der Waals surface area contributed by atoms with Crippen molar-refractivity contribution < 1.29 is 14.3 Å². The second-order valence-electron chi connectivity index (χ2n) is 4.93. The standard InChI is InChI=1S/C16H16ClFN2O2/c1-10-2-7-13(18)14(8-10)19-20-16(22)9-15(21)11-3-5-12(17)6-4-11/h2-8,15,19,21H,9H2,1H3,(H,20,22). The van der Waals surface area contributed by atoms with Crippen LogP contribution in [-0.2, 0) is 4.79 Å². The molecule has 0 aliphatic carbocycles. The van der Waals surface area contributed by atoms with Crippen LogP contribution in [0.25, 0.3) is 0 Å². The molecule has 116 valence electrons. The van der Waals surface area contributed by atoms with E-state index in [0.717, 1.165) is 5.56 Å². The summed E-state index contributed by atoms with van der Waals surface area (Å²) in [6, 6.07) is 11.1. The topological polar surface area (TPSA) is 61.4 Å². The van der Waals surface area contributed by atoms with Crippen LogP contribution >= 0.6 is 11.6 Å². The third kappa shape index (κ3) is 4.44. The van der Waals surface area contributed by atoms with E-state index in [1.165, 1.54) is 6.07 Å². The highest BCUT2D eigenvalue weighted by Crippen LogP contribution is 2.19. The molecule has 0 spiro atoms. The lowest BCUT2D eigenvalue weighted by Gasteiger charge is -2.13. The summed E-state index contributed by atoms with van der Waals surface area (Å²) >= 11 is 5.76. The fourth-order valence-electron chi connectivity index (χ4n) is 1.90. The van der Waals surface area contributed by atoms with Gasteiger partial charge in [-0.05, 0) is 42.3 Å². The molecule has 0 heterocycles. The highest BCUT2D eigenvalue weighted by Gasteiger charge is 2.13. The smallest absolute Gasteiger partial charge is 0.241 e. The van der Waals surface area contributed by atoms with Gasteiger partial charge in [-0.25, -0.2) is 4.39 Å². The molecule has 22 heavy (non-hydrogen) atoms. The molecule has 0 radical (unpaired) electrons. The van der Waals surface area contributed by atoms with Crippen LogP contribution in [0.4, 0.5) is 10.1 Å². The maximum absolute atomic E-state index is 13.5. The van der Waals surface area contributed by atoms with Crippen LogP contribution in [0.15, 0.2) is 42.5 Å². The summed E-state index contributed by atoms with van der Waals surface area (Å²) in [6.45, 7) is 1.82. The number of carbonyl (C=O) groups excluding carboxylic acids is 1. The van der Waals surface area contributed by atoms with Gasteiger partial charge in [0.15, 0.2) is 0 Å². The fourth-order valence-corrected chi connectivity index (χ4v) is 2.03. The molecule has 2 aromatic rings. The number of carbonyl (C=O) groups is 1. The van der Waals surface area contributed by atoms with Gasteiger partial charge in [-0.15, -0.1) is 0 Å². The number of aliphatic hydroxyl groups excluding tert-OH is 1. The number of benzene rings is 2. The molecule has 2 rings (SSSR count). The molecule has 0 bridgehead atoms. The molecular formula is C16H16ClFN2O2. The quantitative estimate of drug-likeness (QED) is 0.740. The van der Waals surface area contributed by atoms with E-state index >= 15 is 0 Å². The first-order valence-corrected chi connectivity index (χ1v) is 7.08. The maximum atomic E-state index is 13.5. The minimum absolute atomic E-state index is 0.151. The van der Waals surface area contributed by atoms with Gasteiger partial charge >= 0.3 is 0 Å². The maximum Gasteiger partial charge on any atom is 0.241 e. The van der Waals surface area contributed by atoms with Crippen LogP contribution in [0.2, 0.25) is 5.02 Å². The van der Waals surface area contributed by atoms with Crippen molar-refractivity contribution in [3.63, 3.8) is 0 Å². The van der Waals surface area contributed by atoms with E-state index < -0.39 is 17.8 Å². The number of rotatable bonds is 5. The van der Waals surface area contributed by atoms with Gasteiger partial charge in [-0.3, -0.25) is 15.6 Å². The summed E-state index contributed by atoms with van der Waals surface area (Å²) in [5.41, 5.74) is 6.50. The molecular weight excluding hydrogens is 307 g/mol. The first-order valence-electron chi connectivity index (χ1n) is 6.70. The molecule has 0 aliphatic heterocycles. The van der Waals surface area contributed by atoms with Crippen molar-refractivity contribution in [3.05, 3.63) is 64.4 Å². The molecule has 3 N–H and O–H groups in total. The third-order valence-corrected chi connectivity index (χ3v) is 3.34. The van der Waals surface area contributed by atoms with Crippen molar-refractivity contribution in [2.24, 2.45) is 0 Å². The Morgan fingerprint density at radius 2 is 1.95 bits per heavy atom. The van der Waals surface area contributed by atoms with Crippen LogP contribution in [0.5, 0.6) is 0 Å². The molecule has 6 heteroatoms. The van der Waals surface area contributed by atoms with E-state index in [1.807, 2.05) is 6.92 Å². The van der Waals surface area contributed by atoms with Crippen molar-refractivity contribution in [2.75, 3.05) is 5.43 Å². The number of anilines is 1. The Labute approximate surface area is 132 Å². The molecule has 0 aliphatic rings. The van der Waals surface area contributed by atoms with Crippen LogP contribution < -0.4 is 10.9 Å². The van der Waals surface area contributed by atoms with Crippen LogP contribution in [-0.4, -0.2) is 11.0 Å². The predicted molar refractivity (Wildman–Crippen MR) is 83.9 cm³/mol. The van der Waals surface area contributed by atoms with Crippen molar-refractivity contribution >= 4 is 23.2 Å².